The maximum Gasteiger partial charge on any atom is 0.523 e. The van der Waals surface area contributed by atoms with E-state index in [1.807, 2.05) is 0 Å². The van der Waals surface area contributed by atoms with Gasteiger partial charge in [0.1, 0.15) is 23.8 Å². The Kier molecular flexibility index (Phi) is 6.80. The normalized spacial score (nSPS) is 24.4. The molecule has 3 aliphatic rings. The van der Waals surface area contributed by atoms with E-state index < -0.39 is 71.2 Å². The van der Waals surface area contributed by atoms with E-state index in [9.17, 15) is 41.1 Å². The van der Waals surface area contributed by atoms with Gasteiger partial charge in [-0.15, -0.1) is 13.2 Å². The number of rotatable bonds is 7. The zero-order valence-corrected chi connectivity index (χ0v) is 19.2. The third-order valence-corrected chi connectivity index (χ3v) is 6.97. The number of carbonyl (C=O) groups excluding carboxylic acids is 4. The summed E-state index contributed by atoms with van der Waals surface area (Å²) in [6, 6.07) is -0.163. The summed E-state index contributed by atoms with van der Waals surface area (Å²) >= 11 is 0. The fraction of sp³-hybridized carbons (Fsp3) is 0.565. The molecule has 2 N–H and O–H groups in total. The van der Waals surface area contributed by atoms with E-state index in [2.05, 4.69) is 15.4 Å². The number of nitrogens with one attached hydrogen (secondary N) is 2. The minimum absolute atomic E-state index is 0.0529. The summed E-state index contributed by atoms with van der Waals surface area (Å²) in [6.07, 6.45) is -5.74. The summed E-state index contributed by atoms with van der Waals surface area (Å²) in [4.78, 5) is 52.1. The number of hydrogen-bond donors (Lipinski definition) is 2. The highest BCUT2D eigenvalue weighted by Crippen LogP contribution is 2.55. The predicted molar refractivity (Wildman–Crippen MR) is 112 cm³/mol. The molecule has 8 nitrogen and oxygen atoms in total. The molecule has 4 rings (SSSR count). The van der Waals surface area contributed by atoms with Crippen LogP contribution in [0.4, 0.5) is 22.0 Å². The van der Waals surface area contributed by atoms with Crippen molar-refractivity contribution in [3.05, 3.63) is 35.4 Å². The number of carbonyl (C=O) groups is 4. The first-order chi connectivity index (χ1) is 16.8. The Labute approximate surface area is 202 Å². The lowest BCUT2D eigenvalue weighted by Gasteiger charge is -2.28. The number of benzene rings is 1. The minimum atomic E-state index is -5.20. The number of alkyl halides is 3. The topological polar surface area (TPSA) is 105 Å². The average Bonchev–Trinajstić information content (AvgIpc) is 3.22. The number of ether oxygens (including phenoxy) is 1. The molecule has 36 heavy (non-hydrogen) atoms. The number of halogens is 5. The summed E-state index contributed by atoms with van der Waals surface area (Å²) in [7, 11) is 0. The van der Waals surface area contributed by atoms with Crippen molar-refractivity contribution < 1.29 is 45.9 Å². The van der Waals surface area contributed by atoms with E-state index in [0.29, 0.717) is 6.07 Å². The molecule has 0 radical (unpaired) electrons. The molecule has 2 heterocycles. The molecule has 1 saturated carbocycles. The molecular formula is C23H24F5N3O5. The molecule has 1 aliphatic carbocycles. The number of Topliss-reactive ketones (excluding diaryl/α,β-unsaturated/α-hetero) is 1. The van der Waals surface area contributed by atoms with Gasteiger partial charge in [-0.3, -0.25) is 23.9 Å². The van der Waals surface area contributed by atoms with E-state index in [1.54, 1.807) is 0 Å². The van der Waals surface area contributed by atoms with Gasteiger partial charge in [0.05, 0.1) is 17.5 Å². The molecule has 0 aromatic heterocycles. The van der Waals surface area contributed by atoms with Crippen molar-refractivity contribution >= 4 is 23.5 Å². The Hall–Kier alpha value is -3.09. The number of hydrogen-bond acceptors (Lipinski definition) is 5. The maximum absolute atomic E-state index is 14.2. The fourth-order valence-electron chi connectivity index (χ4n) is 4.87. The Morgan fingerprint density at radius 3 is 2.47 bits per heavy atom. The second-order valence-electron chi connectivity index (χ2n) is 9.58. The number of amides is 3. The largest absolute Gasteiger partial charge is 0.523 e. The van der Waals surface area contributed by atoms with Crippen molar-refractivity contribution in [1.29, 1.82) is 0 Å². The number of likely N-dealkylation sites (tertiary alicyclic amines) is 1. The molecule has 1 aromatic rings. The Morgan fingerprint density at radius 2 is 1.92 bits per heavy atom. The summed E-state index contributed by atoms with van der Waals surface area (Å²) in [5.74, 6) is -6.91. The molecule has 1 spiro atoms. The second-order valence-corrected chi connectivity index (χ2v) is 9.58. The zero-order chi connectivity index (χ0) is 26.4. The molecule has 13 heteroatoms. The van der Waals surface area contributed by atoms with E-state index in [0.717, 1.165) is 36.8 Å². The predicted octanol–water partition coefficient (Wildman–Crippen LogP) is 2.07. The standard InChI is InChI=1S/C23H24F5N3O5/c1-11(17(32)18(36-23(26,27)28)14-4-7-29-19(14)33)30-20(34)16-9-22(5-6-22)10-31(16)21(35)13-3-2-12(24)8-15(13)25/h2-3,8,11,14,16,18H,4-7,9-10H2,1H3,(H,29,33)(H,30,34)/t11?,14-,16-,18-/m0/s1. The first-order valence-corrected chi connectivity index (χ1v) is 11.4. The van der Waals surface area contributed by atoms with E-state index >= 15 is 0 Å². The Morgan fingerprint density at radius 1 is 1.22 bits per heavy atom. The first-order valence-electron chi connectivity index (χ1n) is 11.4. The van der Waals surface area contributed by atoms with Crippen LogP contribution in [0.25, 0.3) is 0 Å². The molecule has 2 aliphatic heterocycles. The lowest BCUT2D eigenvalue weighted by molar-refractivity contribution is -0.341. The smallest absolute Gasteiger partial charge is 0.356 e. The summed E-state index contributed by atoms with van der Waals surface area (Å²) in [5.41, 5.74) is -0.771. The first kappa shape index (κ1) is 26.0. The zero-order valence-electron chi connectivity index (χ0n) is 19.2. The van der Waals surface area contributed by atoms with Gasteiger partial charge in [0.15, 0.2) is 5.78 Å². The highest BCUT2D eigenvalue weighted by Gasteiger charge is 2.56. The van der Waals surface area contributed by atoms with Crippen molar-refractivity contribution in [2.45, 2.75) is 57.2 Å². The van der Waals surface area contributed by atoms with Crippen molar-refractivity contribution in [1.82, 2.24) is 15.5 Å². The molecule has 2 saturated heterocycles. The highest BCUT2D eigenvalue weighted by molar-refractivity contribution is 6.00. The van der Waals surface area contributed by atoms with Gasteiger partial charge >= 0.3 is 6.36 Å². The van der Waals surface area contributed by atoms with Crippen LogP contribution in [0.5, 0.6) is 0 Å². The van der Waals surface area contributed by atoms with E-state index in [1.165, 1.54) is 0 Å². The van der Waals surface area contributed by atoms with Crippen LogP contribution in [-0.4, -0.2) is 66.0 Å². The van der Waals surface area contributed by atoms with Crippen LogP contribution in [0.3, 0.4) is 0 Å². The quantitative estimate of drug-likeness (QED) is 0.539. The van der Waals surface area contributed by atoms with Crippen molar-refractivity contribution in [3.8, 4) is 0 Å². The van der Waals surface area contributed by atoms with Gasteiger partial charge in [0.25, 0.3) is 5.91 Å². The van der Waals surface area contributed by atoms with E-state index in [-0.39, 0.29) is 31.3 Å². The third-order valence-electron chi connectivity index (χ3n) is 6.97. The van der Waals surface area contributed by atoms with Crippen LogP contribution in [0.2, 0.25) is 0 Å². The van der Waals surface area contributed by atoms with Crippen LogP contribution in [-0.2, 0) is 19.1 Å². The van der Waals surface area contributed by atoms with E-state index in [4.69, 9.17) is 0 Å². The van der Waals surface area contributed by atoms with Crippen molar-refractivity contribution in [3.63, 3.8) is 0 Å². The summed E-state index contributed by atoms with van der Waals surface area (Å²) in [6.45, 7) is 1.38. The Bertz CT molecular complexity index is 1090. The molecular weight excluding hydrogens is 493 g/mol. The van der Waals surface area contributed by atoms with Crippen molar-refractivity contribution in [2.75, 3.05) is 13.1 Å². The van der Waals surface area contributed by atoms with Crippen LogP contribution in [0.1, 0.15) is 43.0 Å². The molecule has 1 unspecified atom stereocenters. The summed E-state index contributed by atoms with van der Waals surface area (Å²) < 4.78 is 70.4. The third kappa shape index (κ3) is 5.35. The monoisotopic (exact) mass is 517 g/mol. The van der Waals surface area contributed by atoms with Crippen LogP contribution < -0.4 is 10.6 Å². The Balaban J connectivity index is 1.50. The molecule has 3 fully saturated rings. The lowest BCUT2D eigenvalue weighted by atomic mass is 9.93. The fourth-order valence-corrected chi connectivity index (χ4v) is 4.87. The van der Waals surface area contributed by atoms with Gasteiger partial charge in [0, 0.05) is 19.2 Å². The van der Waals surface area contributed by atoms with Gasteiger partial charge in [-0.05, 0) is 50.2 Å². The van der Waals surface area contributed by atoms with Gasteiger partial charge in [0.2, 0.25) is 11.8 Å². The van der Waals surface area contributed by atoms with Gasteiger partial charge in [-0.2, -0.15) is 0 Å². The van der Waals surface area contributed by atoms with Gasteiger partial charge in [-0.25, -0.2) is 8.78 Å². The van der Waals surface area contributed by atoms with Crippen molar-refractivity contribution in [2.24, 2.45) is 11.3 Å². The molecule has 0 bridgehead atoms. The van der Waals surface area contributed by atoms with Crippen LogP contribution in [0, 0.1) is 23.0 Å². The number of ketones is 1. The molecule has 4 atom stereocenters. The second kappa shape index (κ2) is 9.41. The highest BCUT2D eigenvalue weighted by atomic mass is 19.4. The summed E-state index contributed by atoms with van der Waals surface area (Å²) in [5, 5.41) is 4.69. The maximum atomic E-state index is 14.2. The van der Waals surface area contributed by atoms with Gasteiger partial charge in [-0.1, -0.05) is 0 Å². The minimum Gasteiger partial charge on any atom is -0.356 e. The SMILES string of the molecule is CC(NC(=O)[C@@H]1CC2(CC2)CN1C(=O)c1ccc(F)cc1F)C(=O)[C@@H](OC(F)(F)F)[C@@H]1CCNC1=O. The lowest BCUT2D eigenvalue weighted by Crippen LogP contribution is -2.53. The molecule has 196 valence electrons. The van der Waals surface area contributed by atoms with Crippen LogP contribution >= 0.6 is 0 Å². The van der Waals surface area contributed by atoms with Gasteiger partial charge < -0.3 is 15.5 Å². The average molecular weight is 517 g/mol. The van der Waals surface area contributed by atoms with Crippen LogP contribution in [0.15, 0.2) is 18.2 Å². The molecule has 3 amide bonds. The number of nitrogens with zero attached hydrogens (tertiary/aromatic N) is 1. The molecule has 1 aromatic carbocycles.